The largest absolute Gasteiger partial charge is 0.497 e. The second-order valence-corrected chi connectivity index (χ2v) is 6.06. The molecule has 5 nitrogen and oxygen atoms in total. The van der Waals surface area contributed by atoms with Crippen LogP contribution in [0.5, 0.6) is 5.75 Å². The molecule has 2 aromatic heterocycles. The third-order valence-corrected chi connectivity index (χ3v) is 4.39. The van der Waals surface area contributed by atoms with Crippen LogP contribution in [0.2, 0.25) is 0 Å². The Balaban J connectivity index is 1.79. The number of benzene rings is 1. The maximum atomic E-state index is 12.4. The first-order valence-corrected chi connectivity index (χ1v) is 8.48. The van der Waals surface area contributed by atoms with Gasteiger partial charge in [0.15, 0.2) is 0 Å². The van der Waals surface area contributed by atoms with Gasteiger partial charge in [-0.3, -0.25) is 9.20 Å². The van der Waals surface area contributed by atoms with E-state index in [1.54, 1.807) is 17.6 Å². The van der Waals surface area contributed by atoms with E-state index in [4.69, 9.17) is 4.74 Å². The van der Waals surface area contributed by atoms with Crippen LogP contribution in [0.25, 0.3) is 5.65 Å². The van der Waals surface area contributed by atoms with Crippen molar-refractivity contribution in [3.63, 3.8) is 0 Å². The standard InChI is InChI=1S/C20H23N3O2/c1-4-18(15-8-10-17(25-3)11-9-15)21-13-16-12-20(24)23-14(2)6-5-7-19(23)22-16/h5-12,18,21H,4,13H2,1-3H3/t18-/m1/s1. The molecule has 0 amide bonds. The van der Waals surface area contributed by atoms with Gasteiger partial charge < -0.3 is 10.1 Å². The van der Waals surface area contributed by atoms with Crippen LogP contribution in [0.3, 0.4) is 0 Å². The number of hydrogen-bond donors (Lipinski definition) is 1. The van der Waals surface area contributed by atoms with E-state index in [-0.39, 0.29) is 11.6 Å². The molecule has 0 saturated carbocycles. The fourth-order valence-electron chi connectivity index (χ4n) is 3.02. The molecule has 0 aliphatic rings. The Bertz CT molecular complexity index is 916. The van der Waals surface area contributed by atoms with Crippen molar-refractivity contribution in [1.29, 1.82) is 0 Å². The molecule has 1 N–H and O–H groups in total. The van der Waals surface area contributed by atoms with E-state index < -0.39 is 0 Å². The predicted molar refractivity (Wildman–Crippen MR) is 99.1 cm³/mol. The Morgan fingerprint density at radius 1 is 1.20 bits per heavy atom. The van der Waals surface area contributed by atoms with Crippen molar-refractivity contribution >= 4 is 5.65 Å². The maximum absolute atomic E-state index is 12.4. The van der Waals surface area contributed by atoms with Crippen molar-refractivity contribution in [3.8, 4) is 5.75 Å². The summed E-state index contributed by atoms with van der Waals surface area (Å²) in [6, 6.07) is 15.5. The predicted octanol–water partition coefficient (Wildman–Crippen LogP) is 3.25. The molecule has 0 saturated heterocycles. The van der Waals surface area contributed by atoms with Gasteiger partial charge in [0.1, 0.15) is 11.4 Å². The van der Waals surface area contributed by atoms with E-state index in [0.717, 1.165) is 23.6 Å². The smallest absolute Gasteiger partial charge is 0.258 e. The van der Waals surface area contributed by atoms with Gasteiger partial charge in [-0.15, -0.1) is 0 Å². The van der Waals surface area contributed by atoms with Crippen molar-refractivity contribution in [1.82, 2.24) is 14.7 Å². The molecule has 130 valence electrons. The highest BCUT2D eigenvalue weighted by Gasteiger charge is 2.10. The van der Waals surface area contributed by atoms with Crippen molar-refractivity contribution in [2.24, 2.45) is 0 Å². The Morgan fingerprint density at radius 3 is 2.64 bits per heavy atom. The molecule has 0 bridgehead atoms. The van der Waals surface area contributed by atoms with Crippen LogP contribution in [0, 0.1) is 6.92 Å². The number of aryl methyl sites for hydroxylation is 1. The van der Waals surface area contributed by atoms with Gasteiger partial charge in [-0.25, -0.2) is 4.98 Å². The molecule has 0 radical (unpaired) electrons. The summed E-state index contributed by atoms with van der Waals surface area (Å²) in [5.74, 6) is 0.846. The summed E-state index contributed by atoms with van der Waals surface area (Å²) in [5, 5.41) is 3.49. The summed E-state index contributed by atoms with van der Waals surface area (Å²) in [5.41, 5.74) is 3.47. The third kappa shape index (κ3) is 3.72. The van der Waals surface area contributed by atoms with Gasteiger partial charge in [-0.1, -0.05) is 25.1 Å². The van der Waals surface area contributed by atoms with Gasteiger partial charge in [0.25, 0.3) is 5.56 Å². The summed E-state index contributed by atoms with van der Waals surface area (Å²) in [4.78, 5) is 17.0. The van der Waals surface area contributed by atoms with E-state index in [9.17, 15) is 4.79 Å². The van der Waals surface area contributed by atoms with Gasteiger partial charge >= 0.3 is 0 Å². The van der Waals surface area contributed by atoms with Crippen LogP contribution in [0.4, 0.5) is 0 Å². The number of nitrogens with one attached hydrogen (secondary N) is 1. The summed E-state index contributed by atoms with van der Waals surface area (Å²) in [6.45, 7) is 4.59. The fourth-order valence-corrected chi connectivity index (χ4v) is 3.02. The van der Waals surface area contributed by atoms with E-state index in [1.807, 2.05) is 37.3 Å². The molecule has 0 spiro atoms. The monoisotopic (exact) mass is 337 g/mol. The number of methoxy groups -OCH3 is 1. The molecule has 1 atom stereocenters. The van der Waals surface area contributed by atoms with Crippen molar-refractivity contribution in [3.05, 3.63) is 75.8 Å². The number of nitrogens with zero attached hydrogens (tertiary/aromatic N) is 2. The normalized spacial score (nSPS) is 12.3. The molecule has 3 rings (SSSR count). The van der Waals surface area contributed by atoms with Gasteiger partial charge in [0, 0.05) is 24.3 Å². The molecular formula is C20H23N3O2. The number of rotatable bonds is 6. The van der Waals surface area contributed by atoms with E-state index in [2.05, 4.69) is 29.4 Å². The lowest BCUT2D eigenvalue weighted by Crippen LogP contribution is -2.24. The number of aromatic nitrogens is 2. The van der Waals surface area contributed by atoms with Crippen LogP contribution >= 0.6 is 0 Å². The zero-order valence-corrected chi connectivity index (χ0v) is 14.8. The molecular weight excluding hydrogens is 314 g/mol. The molecule has 0 unspecified atom stereocenters. The highest BCUT2D eigenvalue weighted by Crippen LogP contribution is 2.20. The van der Waals surface area contributed by atoms with Crippen LogP contribution < -0.4 is 15.6 Å². The molecule has 0 aliphatic heterocycles. The van der Waals surface area contributed by atoms with Gasteiger partial charge in [0.05, 0.1) is 12.8 Å². The SMILES string of the molecule is CC[C@@H](NCc1cc(=O)n2c(C)cccc2n1)c1ccc(OC)cc1. The van der Waals surface area contributed by atoms with Crippen LogP contribution in [-0.2, 0) is 6.54 Å². The minimum Gasteiger partial charge on any atom is -0.497 e. The van der Waals surface area contributed by atoms with Crippen LogP contribution in [-0.4, -0.2) is 16.5 Å². The second-order valence-electron chi connectivity index (χ2n) is 6.06. The Hall–Kier alpha value is -2.66. The Labute approximate surface area is 147 Å². The fraction of sp³-hybridized carbons (Fsp3) is 0.300. The average Bonchev–Trinajstić information content (AvgIpc) is 2.62. The minimum atomic E-state index is -0.0441. The highest BCUT2D eigenvalue weighted by atomic mass is 16.5. The minimum absolute atomic E-state index is 0.0441. The van der Waals surface area contributed by atoms with Gasteiger partial charge in [-0.2, -0.15) is 0 Å². The summed E-state index contributed by atoms with van der Waals surface area (Å²) in [7, 11) is 1.66. The first-order chi connectivity index (χ1) is 12.1. The quantitative estimate of drug-likeness (QED) is 0.750. The number of hydrogen-bond acceptors (Lipinski definition) is 4. The lowest BCUT2D eigenvalue weighted by Gasteiger charge is -2.18. The zero-order chi connectivity index (χ0) is 17.8. The van der Waals surface area contributed by atoms with E-state index >= 15 is 0 Å². The number of fused-ring (bicyclic) bond motifs is 1. The van der Waals surface area contributed by atoms with E-state index in [1.165, 1.54) is 5.56 Å². The Morgan fingerprint density at radius 2 is 1.96 bits per heavy atom. The third-order valence-electron chi connectivity index (χ3n) is 4.39. The van der Waals surface area contributed by atoms with Crippen molar-refractivity contribution < 1.29 is 4.74 Å². The number of pyridine rings is 1. The first kappa shape index (κ1) is 17.2. The van der Waals surface area contributed by atoms with Crippen molar-refractivity contribution in [2.45, 2.75) is 32.9 Å². The average molecular weight is 337 g/mol. The molecule has 5 heteroatoms. The first-order valence-electron chi connectivity index (χ1n) is 8.48. The van der Waals surface area contributed by atoms with Crippen LogP contribution in [0.1, 0.15) is 36.3 Å². The highest BCUT2D eigenvalue weighted by molar-refractivity contribution is 5.40. The lowest BCUT2D eigenvalue weighted by molar-refractivity contribution is 0.414. The van der Waals surface area contributed by atoms with Crippen molar-refractivity contribution in [2.75, 3.05) is 7.11 Å². The molecule has 0 aliphatic carbocycles. The maximum Gasteiger partial charge on any atom is 0.258 e. The molecule has 1 aromatic carbocycles. The van der Waals surface area contributed by atoms with Gasteiger partial charge in [-0.05, 0) is 43.2 Å². The second kappa shape index (κ2) is 7.49. The van der Waals surface area contributed by atoms with Crippen LogP contribution in [0.15, 0.2) is 53.3 Å². The molecule has 2 heterocycles. The summed E-state index contributed by atoms with van der Waals surface area (Å²) < 4.78 is 6.84. The van der Waals surface area contributed by atoms with Gasteiger partial charge in [0.2, 0.25) is 0 Å². The molecule has 3 aromatic rings. The molecule has 0 fully saturated rings. The zero-order valence-electron chi connectivity index (χ0n) is 14.8. The van der Waals surface area contributed by atoms with E-state index in [0.29, 0.717) is 12.2 Å². The Kier molecular flexibility index (Phi) is 5.14. The summed E-state index contributed by atoms with van der Waals surface area (Å²) >= 11 is 0. The molecule has 25 heavy (non-hydrogen) atoms. The topological polar surface area (TPSA) is 55.6 Å². The lowest BCUT2D eigenvalue weighted by atomic mass is 10.0. The number of ether oxygens (including phenoxy) is 1. The summed E-state index contributed by atoms with van der Waals surface area (Å²) in [6.07, 6.45) is 0.942.